The first-order valence-corrected chi connectivity index (χ1v) is 6.55. The zero-order valence-corrected chi connectivity index (χ0v) is 11.6. The SMILES string of the molecule is CCC(C)(C)C(=O)N1CCc2ccc(C(=O)O)cc21. The lowest BCUT2D eigenvalue weighted by molar-refractivity contribution is -0.126. The quantitative estimate of drug-likeness (QED) is 0.910. The lowest BCUT2D eigenvalue weighted by Crippen LogP contribution is -2.39. The molecule has 102 valence electrons. The van der Waals surface area contributed by atoms with E-state index in [1.54, 1.807) is 17.0 Å². The van der Waals surface area contributed by atoms with E-state index in [0.717, 1.165) is 24.1 Å². The van der Waals surface area contributed by atoms with E-state index in [-0.39, 0.29) is 11.5 Å². The van der Waals surface area contributed by atoms with E-state index in [2.05, 4.69) is 0 Å². The molecule has 0 saturated carbocycles. The van der Waals surface area contributed by atoms with Crippen molar-refractivity contribution in [1.82, 2.24) is 0 Å². The summed E-state index contributed by atoms with van der Waals surface area (Å²) in [5, 5.41) is 9.04. The number of hydrogen-bond acceptors (Lipinski definition) is 2. The molecule has 1 heterocycles. The number of carboxylic acids is 1. The number of nitrogens with zero attached hydrogens (tertiary/aromatic N) is 1. The molecule has 0 unspecified atom stereocenters. The van der Waals surface area contributed by atoms with Crippen LogP contribution in [0.2, 0.25) is 0 Å². The van der Waals surface area contributed by atoms with Crippen LogP contribution in [0.1, 0.15) is 43.1 Å². The van der Waals surface area contributed by atoms with Crippen molar-refractivity contribution >= 4 is 17.6 Å². The molecule has 0 spiro atoms. The number of benzene rings is 1. The van der Waals surface area contributed by atoms with Gasteiger partial charge >= 0.3 is 5.97 Å². The lowest BCUT2D eigenvalue weighted by atomic mass is 9.88. The molecular weight excluding hydrogens is 242 g/mol. The van der Waals surface area contributed by atoms with Crippen molar-refractivity contribution in [2.45, 2.75) is 33.6 Å². The largest absolute Gasteiger partial charge is 0.478 e. The van der Waals surface area contributed by atoms with E-state index in [4.69, 9.17) is 5.11 Å². The second-order valence-corrected chi connectivity index (χ2v) is 5.59. The Morgan fingerprint density at radius 1 is 1.37 bits per heavy atom. The van der Waals surface area contributed by atoms with Gasteiger partial charge in [-0.25, -0.2) is 4.79 Å². The Labute approximate surface area is 113 Å². The van der Waals surface area contributed by atoms with Gasteiger partial charge in [-0.1, -0.05) is 26.8 Å². The van der Waals surface area contributed by atoms with E-state index in [1.165, 1.54) is 0 Å². The second-order valence-electron chi connectivity index (χ2n) is 5.59. The van der Waals surface area contributed by atoms with E-state index >= 15 is 0 Å². The maximum absolute atomic E-state index is 12.5. The van der Waals surface area contributed by atoms with Crippen LogP contribution in [0, 0.1) is 5.41 Å². The average molecular weight is 261 g/mol. The molecule has 1 aliphatic heterocycles. The number of carboxylic acid groups (broad SMARTS) is 1. The smallest absolute Gasteiger partial charge is 0.335 e. The summed E-state index contributed by atoms with van der Waals surface area (Å²) in [7, 11) is 0. The zero-order valence-electron chi connectivity index (χ0n) is 11.6. The van der Waals surface area contributed by atoms with Crippen molar-refractivity contribution in [3.05, 3.63) is 29.3 Å². The molecule has 1 N–H and O–H groups in total. The number of rotatable bonds is 3. The maximum Gasteiger partial charge on any atom is 0.335 e. The monoisotopic (exact) mass is 261 g/mol. The number of amides is 1. The minimum absolute atomic E-state index is 0.0660. The van der Waals surface area contributed by atoms with Crippen LogP contribution in [0.5, 0.6) is 0 Å². The summed E-state index contributed by atoms with van der Waals surface area (Å²) in [6, 6.07) is 5.01. The summed E-state index contributed by atoms with van der Waals surface area (Å²) in [5.74, 6) is -0.895. The molecule has 0 fully saturated rings. The van der Waals surface area contributed by atoms with Crippen molar-refractivity contribution in [3.8, 4) is 0 Å². The van der Waals surface area contributed by atoms with E-state index < -0.39 is 11.4 Å². The summed E-state index contributed by atoms with van der Waals surface area (Å²) in [6.07, 6.45) is 1.55. The molecule has 1 aromatic rings. The molecule has 0 aliphatic carbocycles. The van der Waals surface area contributed by atoms with Crippen molar-refractivity contribution < 1.29 is 14.7 Å². The highest BCUT2D eigenvalue weighted by atomic mass is 16.4. The Morgan fingerprint density at radius 2 is 2.05 bits per heavy atom. The van der Waals surface area contributed by atoms with Gasteiger partial charge in [0.2, 0.25) is 5.91 Å². The van der Waals surface area contributed by atoms with Crippen molar-refractivity contribution in [2.24, 2.45) is 5.41 Å². The highest BCUT2D eigenvalue weighted by Crippen LogP contribution is 2.34. The number of hydrogen-bond donors (Lipinski definition) is 1. The molecular formula is C15H19NO3. The molecule has 0 radical (unpaired) electrons. The number of fused-ring (bicyclic) bond motifs is 1. The summed E-state index contributed by atoms with van der Waals surface area (Å²) in [6.45, 7) is 6.48. The molecule has 4 heteroatoms. The number of carbonyl (C=O) groups excluding carboxylic acids is 1. The van der Waals surface area contributed by atoms with Gasteiger partial charge in [-0.05, 0) is 30.5 Å². The van der Waals surface area contributed by atoms with Crippen LogP contribution in [0.15, 0.2) is 18.2 Å². The topological polar surface area (TPSA) is 57.6 Å². The van der Waals surface area contributed by atoms with Gasteiger partial charge < -0.3 is 10.0 Å². The molecule has 1 amide bonds. The first-order chi connectivity index (χ1) is 8.86. The fourth-order valence-electron chi connectivity index (χ4n) is 2.24. The Morgan fingerprint density at radius 3 is 2.63 bits per heavy atom. The number of carbonyl (C=O) groups is 2. The average Bonchev–Trinajstić information content (AvgIpc) is 2.80. The number of anilines is 1. The highest BCUT2D eigenvalue weighted by Gasteiger charge is 2.34. The molecule has 0 atom stereocenters. The number of aromatic carboxylic acids is 1. The fraction of sp³-hybridized carbons (Fsp3) is 0.467. The Kier molecular flexibility index (Phi) is 3.35. The highest BCUT2D eigenvalue weighted by molar-refractivity contribution is 6.00. The third kappa shape index (κ3) is 2.35. The second kappa shape index (κ2) is 4.68. The Hall–Kier alpha value is -1.84. The van der Waals surface area contributed by atoms with Gasteiger partial charge in [0.15, 0.2) is 0 Å². The molecule has 2 rings (SSSR count). The van der Waals surface area contributed by atoms with Crippen LogP contribution in [0.4, 0.5) is 5.69 Å². The predicted molar refractivity (Wildman–Crippen MR) is 73.5 cm³/mol. The van der Waals surface area contributed by atoms with Crippen molar-refractivity contribution in [2.75, 3.05) is 11.4 Å². The normalized spacial score (nSPS) is 14.4. The molecule has 0 bridgehead atoms. The van der Waals surface area contributed by atoms with Gasteiger partial charge in [-0.3, -0.25) is 4.79 Å². The lowest BCUT2D eigenvalue weighted by Gasteiger charge is -2.28. The first-order valence-electron chi connectivity index (χ1n) is 6.55. The van der Waals surface area contributed by atoms with Crippen LogP contribution in [-0.4, -0.2) is 23.5 Å². The summed E-state index contributed by atoms with van der Waals surface area (Å²) < 4.78 is 0. The van der Waals surface area contributed by atoms with Crippen LogP contribution >= 0.6 is 0 Å². The standard InChI is InChI=1S/C15H19NO3/c1-4-15(2,3)14(19)16-8-7-10-5-6-11(13(17)18)9-12(10)16/h5-6,9H,4,7-8H2,1-3H3,(H,17,18). The van der Waals surface area contributed by atoms with Gasteiger partial charge in [0, 0.05) is 17.6 Å². The van der Waals surface area contributed by atoms with Crippen LogP contribution in [0.25, 0.3) is 0 Å². The molecule has 0 aromatic heterocycles. The molecule has 0 saturated heterocycles. The third-order valence-corrected chi connectivity index (χ3v) is 3.94. The molecule has 1 aromatic carbocycles. The third-order valence-electron chi connectivity index (χ3n) is 3.94. The van der Waals surface area contributed by atoms with Crippen LogP contribution in [-0.2, 0) is 11.2 Å². The minimum Gasteiger partial charge on any atom is -0.478 e. The summed E-state index contributed by atoms with van der Waals surface area (Å²) >= 11 is 0. The molecule has 1 aliphatic rings. The maximum atomic E-state index is 12.5. The summed E-state index contributed by atoms with van der Waals surface area (Å²) in [4.78, 5) is 25.3. The van der Waals surface area contributed by atoms with Crippen LogP contribution in [0.3, 0.4) is 0 Å². The fourth-order valence-corrected chi connectivity index (χ4v) is 2.24. The van der Waals surface area contributed by atoms with Gasteiger partial charge in [0.1, 0.15) is 0 Å². The van der Waals surface area contributed by atoms with Gasteiger partial charge in [-0.2, -0.15) is 0 Å². The van der Waals surface area contributed by atoms with Gasteiger partial charge in [0.05, 0.1) is 5.56 Å². The van der Waals surface area contributed by atoms with E-state index in [1.807, 2.05) is 26.8 Å². The molecule has 19 heavy (non-hydrogen) atoms. The Bertz CT molecular complexity index is 534. The molecule has 4 nitrogen and oxygen atoms in total. The van der Waals surface area contributed by atoms with E-state index in [9.17, 15) is 9.59 Å². The van der Waals surface area contributed by atoms with Gasteiger partial charge in [0.25, 0.3) is 0 Å². The zero-order chi connectivity index (χ0) is 14.2. The van der Waals surface area contributed by atoms with Gasteiger partial charge in [-0.15, -0.1) is 0 Å². The van der Waals surface area contributed by atoms with Crippen LogP contribution < -0.4 is 4.90 Å². The summed E-state index contributed by atoms with van der Waals surface area (Å²) in [5.41, 5.74) is 1.62. The Balaban J connectivity index is 2.38. The predicted octanol–water partition coefficient (Wildman–Crippen LogP) is 2.71. The first kappa shape index (κ1) is 13.6. The van der Waals surface area contributed by atoms with E-state index in [0.29, 0.717) is 6.54 Å². The van der Waals surface area contributed by atoms with Crippen molar-refractivity contribution in [1.29, 1.82) is 0 Å². The minimum atomic E-state index is -0.961. The van der Waals surface area contributed by atoms with Crippen molar-refractivity contribution in [3.63, 3.8) is 0 Å².